The van der Waals surface area contributed by atoms with Gasteiger partial charge >= 0.3 is 5.97 Å². The quantitative estimate of drug-likeness (QED) is 0.840. The lowest BCUT2D eigenvalue weighted by atomic mass is 9.92. The molecule has 110 valence electrons. The van der Waals surface area contributed by atoms with Crippen molar-refractivity contribution in [3.63, 3.8) is 0 Å². The minimum absolute atomic E-state index is 0.0392. The van der Waals surface area contributed by atoms with Crippen molar-refractivity contribution in [2.75, 3.05) is 19.7 Å². The van der Waals surface area contributed by atoms with Gasteiger partial charge in [-0.3, -0.25) is 0 Å². The van der Waals surface area contributed by atoms with Crippen LogP contribution in [0.4, 0.5) is 0 Å². The predicted molar refractivity (Wildman–Crippen MR) is 78.0 cm³/mol. The fourth-order valence-electron chi connectivity index (χ4n) is 2.41. The average Bonchev–Trinajstić information content (AvgIpc) is 2.46. The third-order valence-corrected chi connectivity index (χ3v) is 3.37. The van der Waals surface area contributed by atoms with Crippen LogP contribution in [0.15, 0.2) is 24.3 Å². The molecule has 1 unspecified atom stereocenters. The van der Waals surface area contributed by atoms with Gasteiger partial charge in [-0.1, -0.05) is 12.1 Å². The second-order valence-corrected chi connectivity index (χ2v) is 5.44. The van der Waals surface area contributed by atoms with Crippen LogP contribution in [0.1, 0.15) is 38.2 Å². The lowest BCUT2D eigenvalue weighted by Gasteiger charge is -2.23. The van der Waals surface area contributed by atoms with Crippen LogP contribution in [0.3, 0.4) is 0 Å². The van der Waals surface area contributed by atoms with E-state index in [0.717, 1.165) is 13.1 Å². The molecule has 0 aliphatic carbocycles. The molecule has 4 nitrogen and oxygen atoms in total. The van der Waals surface area contributed by atoms with E-state index < -0.39 is 0 Å². The standard InChI is InChI=1S/C16H23NO3/c1-12(2)20-16(18)11-19-15-7-5-13(6-8-15)14-4-3-9-17-10-14/h5-8,12,14,17H,3-4,9-11H2,1-2H3. The van der Waals surface area contributed by atoms with Crippen LogP contribution in [-0.2, 0) is 9.53 Å². The van der Waals surface area contributed by atoms with Gasteiger partial charge in [0.2, 0.25) is 0 Å². The van der Waals surface area contributed by atoms with E-state index in [1.165, 1.54) is 18.4 Å². The third kappa shape index (κ3) is 4.53. The van der Waals surface area contributed by atoms with E-state index in [0.29, 0.717) is 11.7 Å². The molecule has 0 spiro atoms. The van der Waals surface area contributed by atoms with Crippen molar-refractivity contribution >= 4 is 5.97 Å². The van der Waals surface area contributed by atoms with Crippen molar-refractivity contribution in [3.8, 4) is 5.75 Å². The Labute approximate surface area is 120 Å². The molecular weight excluding hydrogens is 254 g/mol. The number of carbonyl (C=O) groups excluding carboxylic acids is 1. The number of hydrogen-bond donors (Lipinski definition) is 1. The van der Waals surface area contributed by atoms with Crippen molar-refractivity contribution in [1.82, 2.24) is 5.32 Å². The first-order chi connectivity index (χ1) is 9.65. The SMILES string of the molecule is CC(C)OC(=O)COc1ccc(C2CCCNC2)cc1. The topological polar surface area (TPSA) is 47.6 Å². The van der Waals surface area contributed by atoms with Crippen molar-refractivity contribution in [3.05, 3.63) is 29.8 Å². The molecule has 1 aliphatic heterocycles. The number of ether oxygens (including phenoxy) is 2. The Morgan fingerprint density at radius 3 is 2.70 bits per heavy atom. The first kappa shape index (κ1) is 14.9. The van der Waals surface area contributed by atoms with Gasteiger partial charge in [0.05, 0.1) is 6.10 Å². The Morgan fingerprint density at radius 2 is 2.10 bits per heavy atom. The molecule has 0 bridgehead atoms. The Balaban J connectivity index is 1.83. The van der Waals surface area contributed by atoms with E-state index in [4.69, 9.17) is 9.47 Å². The highest BCUT2D eigenvalue weighted by Crippen LogP contribution is 2.24. The third-order valence-electron chi connectivity index (χ3n) is 3.37. The summed E-state index contributed by atoms with van der Waals surface area (Å²) in [7, 11) is 0. The van der Waals surface area contributed by atoms with Crippen LogP contribution in [0, 0.1) is 0 Å². The van der Waals surface area contributed by atoms with E-state index in [1.54, 1.807) is 0 Å². The summed E-state index contributed by atoms with van der Waals surface area (Å²) < 4.78 is 10.4. The minimum Gasteiger partial charge on any atom is -0.482 e. The van der Waals surface area contributed by atoms with Crippen molar-refractivity contribution in [1.29, 1.82) is 0 Å². The Kier molecular flexibility index (Phi) is 5.41. The van der Waals surface area contributed by atoms with Crippen LogP contribution in [0.2, 0.25) is 0 Å². The molecule has 0 saturated carbocycles. The summed E-state index contributed by atoms with van der Waals surface area (Å²) in [6, 6.07) is 8.01. The Morgan fingerprint density at radius 1 is 1.35 bits per heavy atom. The van der Waals surface area contributed by atoms with Crippen molar-refractivity contribution < 1.29 is 14.3 Å². The number of benzene rings is 1. The lowest BCUT2D eigenvalue weighted by Crippen LogP contribution is -2.28. The molecule has 1 aromatic rings. The lowest BCUT2D eigenvalue weighted by molar-refractivity contribution is -0.149. The van der Waals surface area contributed by atoms with Crippen LogP contribution in [-0.4, -0.2) is 31.8 Å². The van der Waals surface area contributed by atoms with Crippen LogP contribution >= 0.6 is 0 Å². The van der Waals surface area contributed by atoms with Crippen LogP contribution in [0.25, 0.3) is 0 Å². The zero-order chi connectivity index (χ0) is 14.4. The number of piperidine rings is 1. The van der Waals surface area contributed by atoms with Crippen LogP contribution < -0.4 is 10.1 Å². The molecule has 0 amide bonds. The first-order valence-electron chi connectivity index (χ1n) is 7.28. The highest BCUT2D eigenvalue weighted by atomic mass is 16.6. The minimum atomic E-state index is -0.333. The molecule has 2 rings (SSSR count). The normalized spacial score (nSPS) is 18.9. The average molecular weight is 277 g/mol. The van der Waals surface area contributed by atoms with Crippen molar-refractivity contribution in [2.24, 2.45) is 0 Å². The summed E-state index contributed by atoms with van der Waals surface area (Å²) in [5.41, 5.74) is 1.33. The molecular formula is C16H23NO3. The van der Waals surface area contributed by atoms with Gasteiger partial charge in [-0.15, -0.1) is 0 Å². The van der Waals surface area contributed by atoms with Gasteiger partial charge < -0.3 is 14.8 Å². The van der Waals surface area contributed by atoms with E-state index in [1.807, 2.05) is 26.0 Å². The molecule has 4 heteroatoms. The van der Waals surface area contributed by atoms with Crippen LogP contribution in [0.5, 0.6) is 5.75 Å². The molecule has 0 aromatic heterocycles. The second kappa shape index (κ2) is 7.29. The van der Waals surface area contributed by atoms with Gasteiger partial charge in [0.25, 0.3) is 0 Å². The van der Waals surface area contributed by atoms with Gasteiger partial charge in [0, 0.05) is 6.54 Å². The summed E-state index contributed by atoms with van der Waals surface area (Å²) >= 11 is 0. The fourth-order valence-corrected chi connectivity index (χ4v) is 2.41. The van der Waals surface area contributed by atoms with E-state index in [-0.39, 0.29) is 18.7 Å². The maximum Gasteiger partial charge on any atom is 0.344 e. The summed E-state index contributed by atoms with van der Waals surface area (Å²) in [4.78, 5) is 11.4. The highest BCUT2D eigenvalue weighted by Gasteiger charge is 2.15. The maximum atomic E-state index is 11.4. The molecule has 1 heterocycles. The molecule has 1 N–H and O–H groups in total. The molecule has 20 heavy (non-hydrogen) atoms. The zero-order valence-electron chi connectivity index (χ0n) is 12.2. The fraction of sp³-hybridized carbons (Fsp3) is 0.562. The number of rotatable bonds is 5. The van der Waals surface area contributed by atoms with Crippen molar-refractivity contribution in [2.45, 2.75) is 38.7 Å². The second-order valence-electron chi connectivity index (χ2n) is 5.44. The zero-order valence-corrected chi connectivity index (χ0v) is 12.2. The largest absolute Gasteiger partial charge is 0.482 e. The molecule has 1 aliphatic rings. The van der Waals surface area contributed by atoms with Gasteiger partial charge in [-0.2, -0.15) is 0 Å². The van der Waals surface area contributed by atoms with E-state index >= 15 is 0 Å². The van der Waals surface area contributed by atoms with E-state index in [9.17, 15) is 4.79 Å². The monoisotopic (exact) mass is 277 g/mol. The first-order valence-corrected chi connectivity index (χ1v) is 7.28. The van der Waals surface area contributed by atoms with E-state index in [2.05, 4.69) is 17.4 Å². The number of esters is 1. The highest BCUT2D eigenvalue weighted by molar-refractivity contribution is 5.71. The maximum absolute atomic E-state index is 11.4. The van der Waals surface area contributed by atoms with Gasteiger partial charge in [0.1, 0.15) is 5.75 Å². The molecule has 1 aromatic carbocycles. The number of hydrogen-bond acceptors (Lipinski definition) is 4. The number of carbonyl (C=O) groups is 1. The summed E-state index contributed by atoms with van der Waals surface area (Å²) in [6.07, 6.45) is 2.35. The summed E-state index contributed by atoms with van der Waals surface area (Å²) in [5, 5.41) is 3.41. The number of nitrogens with one attached hydrogen (secondary N) is 1. The molecule has 1 saturated heterocycles. The molecule has 0 radical (unpaired) electrons. The van der Waals surface area contributed by atoms with Gasteiger partial charge in [-0.25, -0.2) is 4.79 Å². The molecule has 1 atom stereocenters. The Bertz CT molecular complexity index is 422. The van der Waals surface area contributed by atoms with Gasteiger partial charge in [-0.05, 0) is 56.8 Å². The predicted octanol–water partition coefficient (Wildman–Crippen LogP) is 2.48. The summed E-state index contributed by atoms with van der Waals surface area (Å²) in [6.45, 7) is 5.77. The smallest absolute Gasteiger partial charge is 0.344 e. The summed E-state index contributed by atoms with van der Waals surface area (Å²) in [5.74, 6) is 0.961. The van der Waals surface area contributed by atoms with Gasteiger partial charge in [0.15, 0.2) is 6.61 Å². The molecule has 1 fully saturated rings. The Hall–Kier alpha value is -1.55.